The fraction of sp³-hybridized carbons (Fsp3) is 0.562. The Morgan fingerprint density at radius 3 is 2.90 bits per heavy atom. The minimum atomic E-state index is -0.534. The van der Waals surface area contributed by atoms with Crippen LogP contribution in [0.1, 0.15) is 36.4 Å². The summed E-state index contributed by atoms with van der Waals surface area (Å²) in [4.78, 5) is 12.2. The van der Waals surface area contributed by atoms with Crippen LogP contribution < -0.4 is 10.6 Å². The van der Waals surface area contributed by atoms with Gasteiger partial charge in [-0.15, -0.1) is 0 Å². The number of carbonyl (C=O) groups excluding carboxylic acids is 1. The number of thioether (sulfide) groups is 1. The van der Waals surface area contributed by atoms with Gasteiger partial charge in [0.05, 0.1) is 12.1 Å². The van der Waals surface area contributed by atoms with Crippen molar-refractivity contribution >= 4 is 17.8 Å². The van der Waals surface area contributed by atoms with Crippen molar-refractivity contribution in [2.75, 3.05) is 6.26 Å². The first kappa shape index (κ1) is 14.7. The Hall–Kier alpha value is -1.20. The smallest absolute Gasteiger partial charge is 0.315 e. The normalized spacial score (nSPS) is 31.0. The number of amides is 2. The first-order valence-corrected chi connectivity index (χ1v) is 8.83. The molecule has 4 atom stereocenters. The quantitative estimate of drug-likeness (QED) is 0.802. The molecule has 0 saturated heterocycles. The highest BCUT2D eigenvalue weighted by Crippen LogP contribution is 2.31. The molecule has 114 valence electrons. The van der Waals surface area contributed by atoms with Crippen LogP contribution in [0, 0.1) is 0 Å². The lowest BCUT2D eigenvalue weighted by Gasteiger charge is -2.23. The molecule has 5 heteroatoms. The molecule has 1 fully saturated rings. The van der Waals surface area contributed by atoms with E-state index in [9.17, 15) is 9.90 Å². The highest BCUT2D eigenvalue weighted by molar-refractivity contribution is 7.99. The zero-order valence-corrected chi connectivity index (χ0v) is 13.0. The molecule has 0 bridgehead atoms. The molecule has 3 rings (SSSR count). The Morgan fingerprint density at radius 1 is 1.29 bits per heavy atom. The summed E-state index contributed by atoms with van der Waals surface area (Å²) in [5.74, 6) is 0. The Bertz CT molecular complexity index is 523. The van der Waals surface area contributed by atoms with Crippen molar-refractivity contribution in [1.29, 1.82) is 0 Å². The molecule has 4 nitrogen and oxygen atoms in total. The van der Waals surface area contributed by atoms with Crippen LogP contribution in [0.4, 0.5) is 4.79 Å². The van der Waals surface area contributed by atoms with Gasteiger partial charge in [0.15, 0.2) is 0 Å². The second kappa shape index (κ2) is 6.28. The lowest BCUT2D eigenvalue weighted by atomic mass is 10.1. The molecule has 0 aliphatic heterocycles. The molecule has 0 heterocycles. The number of carbonyl (C=O) groups is 1. The molecule has 1 saturated carbocycles. The fourth-order valence-corrected chi connectivity index (χ4v) is 4.41. The van der Waals surface area contributed by atoms with Gasteiger partial charge in [-0.2, -0.15) is 11.8 Å². The Balaban J connectivity index is 1.63. The van der Waals surface area contributed by atoms with Crippen molar-refractivity contribution in [3.63, 3.8) is 0 Å². The van der Waals surface area contributed by atoms with Crippen LogP contribution in [0.15, 0.2) is 24.3 Å². The standard InChI is InChI=1S/C16H22N2O2S/c1-21-14-8-4-7-12(14)17-16(20)18-15-11-6-3-2-5-10(11)9-13(15)19/h2-3,5-6,12-15,19H,4,7-9H2,1H3,(H2,17,18,20)/t12-,13+,14+,15-/m0/s1. The van der Waals surface area contributed by atoms with E-state index in [0.29, 0.717) is 11.7 Å². The van der Waals surface area contributed by atoms with Crippen LogP contribution in [0.5, 0.6) is 0 Å². The van der Waals surface area contributed by atoms with Crippen LogP contribution in [-0.4, -0.2) is 34.8 Å². The van der Waals surface area contributed by atoms with Crippen molar-refractivity contribution in [1.82, 2.24) is 10.6 Å². The third-order valence-corrected chi connectivity index (χ3v) is 5.73. The Labute approximate surface area is 129 Å². The predicted molar refractivity (Wildman–Crippen MR) is 85.5 cm³/mol. The fourth-order valence-electron chi connectivity index (χ4n) is 3.47. The van der Waals surface area contributed by atoms with E-state index in [1.54, 1.807) is 0 Å². The molecule has 21 heavy (non-hydrogen) atoms. The topological polar surface area (TPSA) is 61.4 Å². The number of aliphatic hydroxyl groups is 1. The Morgan fingerprint density at radius 2 is 2.10 bits per heavy atom. The van der Waals surface area contributed by atoms with E-state index in [1.165, 1.54) is 12.8 Å². The number of fused-ring (bicyclic) bond motifs is 1. The zero-order valence-electron chi connectivity index (χ0n) is 12.2. The first-order chi connectivity index (χ1) is 10.2. The summed E-state index contributed by atoms with van der Waals surface area (Å²) in [6.45, 7) is 0. The van der Waals surface area contributed by atoms with E-state index in [0.717, 1.165) is 17.5 Å². The van der Waals surface area contributed by atoms with Crippen LogP contribution in [0.25, 0.3) is 0 Å². The molecule has 1 aromatic rings. The van der Waals surface area contributed by atoms with E-state index in [-0.39, 0.29) is 18.1 Å². The SMILES string of the molecule is CS[C@@H]1CCC[C@@H]1NC(=O)N[C@H]1c2ccccc2C[C@H]1O. The monoisotopic (exact) mass is 306 g/mol. The third-order valence-electron chi connectivity index (χ3n) is 4.56. The van der Waals surface area contributed by atoms with Gasteiger partial charge in [-0.25, -0.2) is 4.79 Å². The molecular weight excluding hydrogens is 284 g/mol. The largest absolute Gasteiger partial charge is 0.390 e. The van der Waals surface area contributed by atoms with Gasteiger partial charge in [0, 0.05) is 17.7 Å². The Kier molecular flexibility index (Phi) is 4.40. The van der Waals surface area contributed by atoms with Gasteiger partial charge in [-0.1, -0.05) is 30.7 Å². The molecule has 0 spiro atoms. The maximum Gasteiger partial charge on any atom is 0.315 e. The molecule has 1 aromatic carbocycles. The van der Waals surface area contributed by atoms with Crippen LogP contribution in [0.3, 0.4) is 0 Å². The summed E-state index contributed by atoms with van der Waals surface area (Å²) in [5, 5.41) is 16.7. The summed E-state index contributed by atoms with van der Waals surface area (Å²) in [6.07, 6.45) is 5.56. The maximum absolute atomic E-state index is 12.2. The number of aliphatic hydroxyl groups excluding tert-OH is 1. The van der Waals surface area contributed by atoms with Crippen molar-refractivity contribution < 1.29 is 9.90 Å². The summed E-state index contributed by atoms with van der Waals surface area (Å²) < 4.78 is 0. The summed E-state index contributed by atoms with van der Waals surface area (Å²) in [5.41, 5.74) is 2.16. The molecule has 0 unspecified atom stereocenters. The van der Waals surface area contributed by atoms with Gasteiger partial charge < -0.3 is 15.7 Å². The minimum absolute atomic E-state index is 0.165. The minimum Gasteiger partial charge on any atom is -0.390 e. The van der Waals surface area contributed by atoms with Gasteiger partial charge in [-0.3, -0.25) is 0 Å². The molecular formula is C16H22N2O2S. The lowest BCUT2D eigenvalue weighted by Crippen LogP contribution is -2.47. The average Bonchev–Trinajstić information content (AvgIpc) is 3.04. The van der Waals surface area contributed by atoms with Gasteiger partial charge in [0.1, 0.15) is 0 Å². The van der Waals surface area contributed by atoms with Gasteiger partial charge >= 0.3 is 6.03 Å². The molecule has 2 amide bonds. The highest BCUT2D eigenvalue weighted by atomic mass is 32.2. The van der Waals surface area contributed by atoms with Crippen LogP contribution in [-0.2, 0) is 6.42 Å². The summed E-state index contributed by atoms with van der Waals surface area (Å²) >= 11 is 1.82. The van der Waals surface area contributed by atoms with E-state index >= 15 is 0 Å². The summed E-state index contributed by atoms with van der Waals surface area (Å²) in [6, 6.07) is 7.70. The number of hydrogen-bond donors (Lipinski definition) is 3. The van der Waals surface area contributed by atoms with E-state index < -0.39 is 6.10 Å². The van der Waals surface area contributed by atoms with E-state index in [2.05, 4.69) is 16.9 Å². The second-order valence-corrected chi connectivity index (χ2v) is 6.95. The predicted octanol–water partition coefficient (Wildman–Crippen LogP) is 2.23. The van der Waals surface area contributed by atoms with Crippen molar-refractivity contribution in [2.45, 2.75) is 49.1 Å². The second-order valence-electron chi connectivity index (χ2n) is 5.88. The number of urea groups is 1. The first-order valence-electron chi connectivity index (χ1n) is 7.54. The van der Waals surface area contributed by atoms with Crippen molar-refractivity contribution in [3.8, 4) is 0 Å². The van der Waals surface area contributed by atoms with Gasteiger partial charge in [-0.05, 0) is 30.2 Å². The number of hydrogen-bond acceptors (Lipinski definition) is 3. The van der Waals surface area contributed by atoms with Gasteiger partial charge in [0.25, 0.3) is 0 Å². The lowest BCUT2D eigenvalue weighted by molar-refractivity contribution is 0.142. The van der Waals surface area contributed by atoms with Crippen LogP contribution >= 0.6 is 11.8 Å². The van der Waals surface area contributed by atoms with E-state index in [1.807, 2.05) is 36.0 Å². The number of nitrogens with one attached hydrogen (secondary N) is 2. The van der Waals surface area contributed by atoms with Crippen LogP contribution in [0.2, 0.25) is 0 Å². The summed E-state index contributed by atoms with van der Waals surface area (Å²) in [7, 11) is 0. The molecule has 2 aliphatic rings. The molecule has 0 aromatic heterocycles. The highest BCUT2D eigenvalue weighted by Gasteiger charge is 2.33. The molecule has 0 radical (unpaired) electrons. The van der Waals surface area contributed by atoms with Gasteiger partial charge in [0.2, 0.25) is 0 Å². The number of benzene rings is 1. The number of rotatable bonds is 3. The zero-order chi connectivity index (χ0) is 14.8. The maximum atomic E-state index is 12.2. The molecule has 3 N–H and O–H groups in total. The third kappa shape index (κ3) is 3.04. The average molecular weight is 306 g/mol. The van der Waals surface area contributed by atoms with E-state index in [4.69, 9.17) is 0 Å². The van der Waals surface area contributed by atoms with Crippen molar-refractivity contribution in [3.05, 3.63) is 35.4 Å². The van der Waals surface area contributed by atoms with Crippen molar-refractivity contribution in [2.24, 2.45) is 0 Å². The molecule has 2 aliphatic carbocycles.